The van der Waals surface area contributed by atoms with Crippen LogP contribution >= 0.6 is 0 Å². The van der Waals surface area contributed by atoms with Crippen LogP contribution in [-0.2, 0) is 25.2 Å². The summed E-state index contributed by atoms with van der Waals surface area (Å²) in [6.07, 6.45) is 1.75. The van der Waals surface area contributed by atoms with Gasteiger partial charge in [0.1, 0.15) is 11.3 Å². The van der Waals surface area contributed by atoms with Crippen molar-refractivity contribution < 1.29 is 19.1 Å². The van der Waals surface area contributed by atoms with Gasteiger partial charge in [0.15, 0.2) is 5.78 Å². The Balaban J connectivity index is 2.24. The lowest BCUT2D eigenvalue weighted by Gasteiger charge is -2.40. The largest absolute Gasteiger partial charge is 0.497 e. The number of allylic oxidation sites excluding steroid dienone is 1. The highest BCUT2D eigenvalue weighted by atomic mass is 16.5. The summed E-state index contributed by atoms with van der Waals surface area (Å²) in [5, 5.41) is 0. The van der Waals surface area contributed by atoms with Gasteiger partial charge in [-0.15, -0.1) is 0 Å². The van der Waals surface area contributed by atoms with Crippen molar-refractivity contribution in [1.29, 1.82) is 0 Å². The number of ketones is 1. The predicted molar refractivity (Wildman–Crippen MR) is 99.2 cm³/mol. The molecule has 2 aromatic carbocycles. The van der Waals surface area contributed by atoms with E-state index in [-0.39, 0.29) is 11.4 Å². The van der Waals surface area contributed by atoms with Crippen molar-refractivity contribution in [1.82, 2.24) is 0 Å². The number of hydrogen-bond donors (Lipinski definition) is 0. The Bertz CT molecular complexity index is 867. The Hall–Kier alpha value is -2.88. The molecule has 0 amide bonds. The highest BCUT2D eigenvalue weighted by Gasteiger charge is 2.57. The molecule has 0 N–H and O–H groups in total. The SMILES string of the molecule is COC(=O)C1=C[C@](C)(c2ccc(OC)cc2)[C@@](C)(c2ccccc2)C1=O. The van der Waals surface area contributed by atoms with Crippen molar-refractivity contribution in [2.75, 3.05) is 14.2 Å². The lowest BCUT2D eigenvalue weighted by Crippen LogP contribution is -2.46. The quantitative estimate of drug-likeness (QED) is 0.625. The molecule has 0 fully saturated rings. The van der Waals surface area contributed by atoms with E-state index in [2.05, 4.69) is 0 Å². The van der Waals surface area contributed by atoms with Crippen LogP contribution in [-0.4, -0.2) is 26.0 Å². The molecule has 2 atom stereocenters. The van der Waals surface area contributed by atoms with E-state index in [1.54, 1.807) is 13.2 Å². The Morgan fingerprint density at radius 3 is 2.04 bits per heavy atom. The normalized spacial score (nSPS) is 24.9. The van der Waals surface area contributed by atoms with Crippen LogP contribution in [0.15, 0.2) is 66.2 Å². The van der Waals surface area contributed by atoms with E-state index in [4.69, 9.17) is 9.47 Å². The van der Waals surface area contributed by atoms with E-state index in [0.29, 0.717) is 0 Å². The molecule has 2 aromatic rings. The minimum Gasteiger partial charge on any atom is -0.497 e. The average molecular weight is 350 g/mol. The van der Waals surface area contributed by atoms with Gasteiger partial charge in [0, 0.05) is 5.41 Å². The molecule has 0 radical (unpaired) electrons. The topological polar surface area (TPSA) is 52.6 Å². The van der Waals surface area contributed by atoms with Gasteiger partial charge in [-0.25, -0.2) is 4.79 Å². The third-order valence-corrected chi connectivity index (χ3v) is 5.62. The molecule has 0 saturated carbocycles. The standard InChI is InChI=1S/C22H22O4/c1-21(15-10-12-17(25-3)13-11-15)14-18(20(24)26-4)19(23)22(21,2)16-8-6-5-7-9-16/h5-14H,1-4H3/t21-,22+/m1/s1. The van der Waals surface area contributed by atoms with Crippen molar-refractivity contribution in [3.63, 3.8) is 0 Å². The Labute approximate surface area is 153 Å². The van der Waals surface area contributed by atoms with Crippen LogP contribution in [0, 0.1) is 0 Å². The molecule has 0 saturated heterocycles. The van der Waals surface area contributed by atoms with Gasteiger partial charge in [0.05, 0.1) is 19.6 Å². The molecule has 4 heteroatoms. The molecule has 0 aromatic heterocycles. The summed E-state index contributed by atoms with van der Waals surface area (Å²) < 4.78 is 10.1. The van der Waals surface area contributed by atoms with Crippen molar-refractivity contribution in [2.45, 2.75) is 24.7 Å². The number of carbonyl (C=O) groups is 2. The summed E-state index contributed by atoms with van der Waals surface area (Å²) >= 11 is 0. The monoisotopic (exact) mass is 350 g/mol. The summed E-state index contributed by atoms with van der Waals surface area (Å²) in [5.41, 5.74) is 0.251. The maximum Gasteiger partial charge on any atom is 0.341 e. The van der Waals surface area contributed by atoms with Gasteiger partial charge in [-0.05, 0) is 30.2 Å². The smallest absolute Gasteiger partial charge is 0.341 e. The molecule has 0 spiro atoms. The van der Waals surface area contributed by atoms with E-state index in [1.165, 1.54) is 7.11 Å². The number of methoxy groups -OCH3 is 2. The van der Waals surface area contributed by atoms with E-state index in [9.17, 15) is 9.59 Å². The lowest BCUT2D eigenvalue weighted by atomic mass is 9.60. The number of Topliss-reactive ketones (excluding diaryl/α,β-unsaturated/α-hetero) is 1. The molecule has 0 aliphatic heterocycles. The molecule has 0 unspecified atom stereocenters. The van der Waals surface area contributed by atoms with Crippen LogP contribution in [0.4, 0.5) is 0 Å². The maximum atomic E-state index is 13.3. The molecule has 26 heavy (non-hydrogen) atoms. The van der Waals surface area contributed by atoms with Crippen LogP contribution in [0.3, 0.4) is 0 Å². The average Bonchev–Trinajstić information content (AvgIpc) is 2.91. The lowest BCUT2D eigenvalue weighted by molar-refractivity contribution is -0.138. The van der Waals surface area contributed by atoms with Crippen molar-refractivity contribution in [3.8, 4) is 5.75 Å². The zero-order chi connectivity index (χ0) is 18.9. The first-order chi connectivity index (χ1) is 12.4. The van der Waals surface area contributed by atoms with Crippen molar-refractivity contribution in [2.24, 2.45) is 0 Å². The summed E-state index contributed by atoms with van der Waals surface area (Å²) in [6.45, 7) is 3.87. The maximum absolute atomic E-state index is 13.3. The molecule has 3 rings (SSSR count). The zero-order valence-corrected chi connectivity index (χ0v) is 15.4. The number of esters is 1. The van der Waals surface area contributed by atoms with E-state index in [1.807, 2.05) is 68.4 Å². The molecule has 0 heterocycles. The van der Waals surface area contributed by atoms with Gasteiger partial charge in [-0.3, -0.25) is 4.79 Å². The van der Waals surface area contributed by atoms with Crippen LogP contribution < -0.4 is 4.74 Å². The molecule has 0 bridgehead atoms. The Kier molecular flexibility index (Phi) is 4.45. The van der Waals surface area contributed by atoms with E-state index < -0.39 is 16.8 Å². The van der Waals surface area contributed by atoms with Crippen LogP contribution in [0.1, 0.15) is 25.0 Å². The summed E-state index contributed by atoms with van der Waals surface area (Å²) in [7, 11) is 2.90. The van der Waals surface area contributed by atoms with Crippen molar-refractivity contribution >= 4 is 11.8 Å². The molecule has 4 nitrogen and oxygen atoms in total. The van der Waals surface area contributed by atoms with E-state index >= 15 is 0 Å². The number of hydrogen-bond acceptors (Lipinski definition) is 4. The first-order valence-electron chi connectivity index (χ1n) is 8.44. The minimum absolute atomic E-state index is 0.0946. The fraction of sp³-hybridized carbons (Fsp3) is 0.273. The summed E-state index contributed by atoms with van der Waals surface area (Å²) in [6, 6.07) is 17.2. The predicted octanol–water partition coefficient (Wildman–Crippen LogP) is 3.59. The number of rotatable bonds is 4. The first-order valence-corrected chi connectivity index (χ1v) is 8.44. The number of carbonyl (C=O) groups excluding carboxylic acids is 2. The molecule has 134 valence electrons. The fourth-order valence-electron chi connectivity index (χ4n) is 3.78. The second kappa shape index (κ2) is 6.45. The third kappa shape index (κ3) is 2.45. The van der Waals surface area contributed by atoms with Gasteiger partial charge in [0.25, 0.3) is 0 Å². The van der Waals surface area contributed by atoms with E-state index in [0.717, 1.165) is 16.9 Å². The highest BCUT2D eigenvalue weighted by Crippen LogP contribution is 2.52. The summed E-state index contributed by atoms with van der Waals surface area (Å²) in [5.74, 6) is -0.0940. The van der Waals surface area contributed by atoms with Crippen LogP contribution in [0.2, 0.25) is 0 Å². The number of benzene rings is 2. The molecule has 1 aliphatic rings. The molecular formula is C22H22O4. The molecule has 1 aliphatic carbocycles. The van der Waals surface area contributed by atoms with Gasteiger partial charge in [-0.1, -0.05) is 55.5 Å². The molecular weight excluding hydrogens is 328 g/mol. The van der Waals surface area contributed by atoms with Gasteiger partial charge < -0.3 is 9.47 Å². The zero-order valence-electron chi connectivity index (χ0n) is 15.4. The van der Waals surface area contributed by atoms with Gasteiger partial charge in [-0.2, -0.15) is 0 Å². The van der Waals surface area contributed by atoms with Crippen LogP contribution in [0.5, 0.6) is 5.75 Å². The number of ether oxygens (including phenoxy) is 2. The highest BCUT2D eigenvalue weighted by molar-refractivity contribution is 6.24. The van der Waals surface area contributed by atoms with Gasteiger partial charge >= 0.3 is 5.97 Å². The first kappa shape index (κ1) is 17.9. The Morgan fingerprint density at radius 1 is 0.885 bits per heavy atom. The fourth-order valence-corrected chi connectivity index (χ4v) is 3.78. The second-order valence-electron chi connectivity index (χ2n) is 6.80. The van der Waals surface area contributed by atoms with Gasteiger partial charge in [0.2, 0.25) is 0 Å². The third-order valence-electron chi connectivity index (χ3n) is 5.62. The minimum atomic E-state index is -0.924. The second-order valence-corrected chi connectivity index (χ2v) is 6.80. The Morgan fingerprint density at radius 2 is 1.50 bits per heavy atom. The van der Waals surface area contributed by atoms with Crippen molar-refractivity contribution in [3.05, 3.63) is 77.4 Å². The summed E-state index contributed by atoms with van der Waals surface area (Å²) in [4.78, 5) is 25.6. The van der Waals surface area contributed by atoms with Crippen LogP contribution in [0.25, 0.3) is 0 Å².